The summed E-state index contributed by atoms with van der Waals surface area (Å²) in [4.78, 5) is 12.3. The van der Waals surface area contributed by atoms with Crippen LogP contribution in [0.3, 0.4) is 0 Å². The molecule has 1 N–H and O–H groups in total. The van der Waals surface area contributed by atoms with Crippen molar-refractivity contribution in [3.05, 3.63) is 29.8 Å². The van der Waals surface area contributed by atoms with E-state index in [0.29, 0.717) is 6.54 Å². The maximum Gasteiger partial charge on any atom is 0.328 e. The molecule has 0 saturated carbocycles. The van der Waals surface area contributed by atoms with E-state index < -0.39 is 5.97 Å². The minimum Gasteiger partial charge on any atom is -0.496 e. The summed E-state index contributed by atoms with van der Waals surface area (Å²) in [5, 5.41) is 8.56. The van der Waals surface area contributed by atoms with Crippen LogP contribution >= 0.6 is 0 Å². The normalized spacial score (nSPS) is 10.5. The fourth-order valence-electron chi connectivity index (χ4n) is 1.85. The van der Waals surface area contributed by atoms with E-state index >= 15 is 0 Å². The highest BCUT2D eigenvalue weighted by atomic mass is 16.5. The molecule has 1 rings (SSSR count). The van der Waals surface area contributed by atoms with Crippen molar-refractivity contribution in [2.45, 2.75) is 6.92 Å². The lowest BCUT2D eigenvalue weighted by Crippen LogP contribution is -2.18. The van der Waals surface area contributed by atoms with E-state index in [1.807, 2.05) is 31.0 Å². The fourth-order valence-corrected chi connectivity index (χ4v) is 1.85. The van der Waals surface area contributed by atoms with Crippen molar-refractivity contribution in [2.75, 3.05) is 32.7 Å². The van der Waals surface area contributed by atoms with E-state index in [1.54, 1.807) is 20.3 Å². The molecule has 5 nitrogen and oxygen atoms in total. The Balaban J connectivity index is 2.99. The molecular weight excluding hydrogens is 246 g/mol. The van der Waals surface area contributed by atoms with Crippen LogP contribution in [0, 0.1) is 6.92 Å². The number of benzene rings is 1. The Morgan fingerprint density at radius 1 is 1.37 bits per heavy atom. The van der Waals surface area contributed by atoms with Gasteiger partial charge in [0.2, 0.25) is 0 Å². The Hall–Kier alpha value is -2.17. The predicted molar refractivity (Wildman–Crippen MR) is 74.3 cm³/mol. The number of hydrogen-bond donors (Lipinski definition) is 1. The highest BCUT2D eigenvalue weighted by Crippen LogP contribution is 2.36. The number of hydrogen-bond acceptors (Lipinski definition) is 4. The fraction of sp³-hybridized carbons (Fsp3) is 0.357. The lowest BCUT2D eigenvalue weighted by molar-refractivity contribution is -0.131. The van der Waals surface area contributed by atoms with Gasteiger partial charge in [0.05, 0.1) is 19.9 Å². The van der Waals surface area contributed by atoms with Gasteiger partial charge in [-0.2, -0.15) is 0 Å². The van der Waals surface area contributed by atoms with Crippen molar-refractivity contribution in [1.29, 1.82) is 0 Å². The van der Waals surface area contributed by atoms with Crippen LogP contribution < -0.4 is 14.4 Å². The average Bonchev–Trinajstić information content (AvgIpc) is 2.37. The van der Waals surface area contributed by atoms with Crippen molar-refractivity contribution < 1.29 is 19.4 Å². The molecule has 0 aromatic heterocycles. The van der Waals surface area contributed by atoms with Crippen LogP contribution in [0.1, 0.15) is 5.56 Å². The summed E-state index contributed by atoms with van der Waals surface area (Å²) < 4.78 is 10.6. The molecule has 0 spiro atoms. The number of carboxylic acids is 1. The first-order valence-electron chi connectivity index (χ1n) is 5.83. The molecular formula is C14H19NO4. The Morgan fingerprint density at radius 3 is 2.58 bits per heavy atom. The lowest BCUT2D eigenvalue weighted by Gasteiger charge is -2.22. The van der Waals surface area contributed by atoms with Gasteiger partial charge in [0.15, 0.2) is 0 Å². The molecule has 0 unspecified atom stereocenters. The number of nitrogens with zero attached hydrogens (tertiary/aromatic N) is 1. The first-order valence-corrected chi connectivity index (χ1v) is 5.83. The summed E-state index contributed by atoms with van der Waals surface area (Å²) in [6, 6.07) is 3.75. The molecule has 104 valence electrons. The molecule has 0 radical (unpaired) electrons. The summed E-state index contributed by atoms with van der Waals surface area (Å²) in [5.41, 5.74) is 1.80. The van der Waals surface area contributed by atoms with Crippen LogP contribution in [-0.2, 0) is 4.79 Å². The molecule has 0 aliphatic heterocycles. The van der Waals surface area contributed by atoms with Crippen molar-refractivity contribution >= 4 is 11.7 Å². The Morgan fingerprint density at radius 2 is 2.05 bits per heavy atom. The quantitative estimate of drug-likeness (QED) is 0.798. The van der Waals surface area contributed by atoms with Crippen molar-refractivity contribution in [1.82, 2.24) is 0 Å². The van der Waals surface area contributed by atoms with Gasteiger partial charge in [-0.15, -0.1) is 0 Å². The number of aliphatic carboxylic acids is 1. The molecule has 19 heavy (non-hydrogen) atoms. The summed E-state index contributed by atoms with van der Waals surface area (Å²) in [7, 11) is 5.09. The summed E-state index contributed by atoms with van der Waals surface area (Å²) in [6.07, 6.45) is 2.71. The first-order chi connectivity index (χ1) is 9.01. The van der Waals surface area contributed by atoms with Crippen LogP contribution in [0.15, 0.2) is 24.3 Å². The summed E-state index contributed by atoms with van der Waals surface area (Å²) in [5.74, 6) is 0.534. The maximum absolute atomic E-state index is 10.4. The predicted octanol–water partition coefficient (Wildman–Crippen LogP) is 2.09. The number of likely N-dealkylation sites (N-methyl/N-ethyl adjacent to an activating group) is 1. The highest BCUT2D eigenvalue weighted by molar-refractivity contribution is 5.79. The second-order valence-corrected chi connectivity index (χ2v) is 4.07. The van der Waals surface area contributed by atoms with E-state index in [9.17, 15) is 4.79 Å². The zero-order chi connectivity index (χ0) is 14.4. The van der Waals surface area contributed by atoms with Crippen LogP contribution in [-0.4, -0.2) is 38.9 Å². The molecule has 0 aliphatic rings. The van der Waals surface area contributed by atoms with E-state index in [4.69, 9.17) is 14.6 Å². The lowest BCUT2D eigenvalue weighted by atomic mass is 10.1. The van der Waals surface area contributed by atoms with Gasteiger partial charge >= 0.3 is 5.97 Å². The standard InChI is InChI=1S/C14H19NO4/c1-10-12(18-3)8-7-11(14(10)19-4)15(2)9-5-6-13(16)17/h5-8H,9H2,1-4H3,(H,16,17)/b6-5+. The van der Waals surface area contributed by atoms with Gasteiger partial charge in [0.1, 0.15) is 11.5 Å². The van der Waals surface area contributed by atoms with E-state index in [1.165, 1.54) is 0 Å². The molecule has 1 aromatic carbocycles. The highest BCUT2D eigenvalue weighted by Gasteiger charge is 2.13. The van der Waals surface area contributed by atoms with Crippen LogP contribution in [0.4, 0.5) is 5.69 Å². The Bertz CT molecular complexity index is 483. The molecule has 1 aromatic rings. The Kier molecular flexibility index (Phi) is 5.23. The molecule has 0 saturated heterocycles. The number of carboxylic acid groups (broad SMARTS) is 1. The largest absolute Gasteiger partial charge is 0.496 e. The third-order valence-corrected chi connectivity index (χ3v) is 2.81. The van der Waals surface area contributed by atoms with Crippen LogP contribution in [0.2, 0.25) is 0 Å². The van der Waals surface area contributed by atoms with Gasteiger partial charge in [-0.25, -0.2) is 4.79 Å². The maximum atomic E-state index is 10.4. The third-order valence-electron chi connectivity index (χ3n) is 2.81. The summed E-state index contributed by atoms with van der Waals surface area (Å²) in [6.45, 7) is 2.40. The molecule has 0 fully saturated rings. The third kappa shape index (κ3) is 3.64. The minimum absolute atomic E-state index is 0.481. The van der Waals surface area contributed by atoms with Crippen molar-refractivity contribution in [3.8, 4) is 11.5 Å². The van der Waals surface area contributed by atoms with Gasteiger partial charge in [0.25, 0.3) is 0 Å². The molecule has 0 heterocycles. The van der Waals surface area contributed by atoms with E-state index in [-0.39, 0.29) is 0 Å². The first kappa shape index (κ1) is 14.9. The molecule has 0 bridgehead atoms. The van der Waals surface area contributed by atoms with E-state index in [2.05, 4.69) is 0 Å². The Labute approximate surface area is 113 Å². The zero-order valence-corrected chi connectivity index (χ0v) is 11.6. The van der Waals surface area contributed by atoms with Crippen LogP contribution in [0.25, 0.3) is 0 Å². The number of ether oxygens (including phenoxy) is 2. The number of methoxy groups -OCH3 is 2. The van der Waals surface area contributed by atoms with Gasteiger partial charge in [-0.05, 0) is 19.1 Å². The molecule has 0 amide bonds. The van der Waals surface area contributed by atoms with Gasteiger partial charge in [-0.3, -0.25) is 0 Å². The summed E-state index contributed by atoms with van der Waals surface area (Å²) >= 11 is 0. The minimum atomic E-state index is -0.953. The average molecular weight is 265 g/mol. The van der Waals surface area contributed by atoms with Gasteiger partial charge in [-0.1, -0.05) is 6.08 Å². The van der Waals surface area contributed by atoms with Crippen molar-refractivity contribution in [3.63, 3.8) is 0 Å². The smallest absolute Gasteiger partial charge is 0.328 e. The molecule has 0 atom stereocenters. The number of rotatable bonds is 6. The topological polar surface area (TPSA) is 59.0 Å². The second kappa shape index (κ2) is 6.68. The van der Waals surface area contributed by atoms with Gasteiger partial charge in [0, 0.05) is 25.2 Å². The molecule has 0 aliphatic carbocycles. The van der Waals surface area contributed by atoms with Gasteiger partial charge < -0.3 is 19.5 Å². The van der Waals surface area contributed by atoms with E-state index in [0.717, 1.165) is 28.8 Å². The van der Waals surface area contributed by atoms with Crippen molar-refractivity contribution in [2.24, 2.45) is 0 Å². The monoisotopic (exact) mass is 265 g/mol. The second-order valence-electron chi connectivity index (χ2n) is 4.07. The molecule has 5 heteroatoms. The number of carbonyl (C=O) groups is 1. The van der Waals surface area contributed by atoms with Crippen LogP contribution in [0.5, 0.6) is 11.5 Å². The zero-order valence-electron chi connectivity index (χ0n) is 11.6. The SMILES string of the molecule is COc1ccc(N(C)C/C=C/C(=O)O)c(OC)c1C. The number of anilines is 1.